The summed E-state index contributed by atoms with van der Waals surface area (Å²) in [6.07, 6.45) is 6.78. The van der Waals surface area contributed by atoms with Crippen LogP contribution < -0.4 is 5.32 Å². The minimum absolute atomic E-state index is 0.148. The highest BCUT2D eigenvalue weighted by atomic mass is 35.5. The van der Waals surface area contributed by atoms with Crippen LogP contribution in [0.2, 0.25) is 5.02 Å². The smallest absolute Gasteiger partial charge is 0.378 e. The van der Waals surface area contributed by atoms with E-state index in [1.807, 2.05) is 6.92 Å². The number of carbonyl (C=O) groups excluding carboxylic acids is 2. The van der Waals surface area contributed by atoms with Crippen molar-refractivity contribution >= 4 is 30.0 Å². The summed E-state index contributed by atoms with van der Waals surface area (Å²) in [5, 5.41) is 10.9. The number of hydrogen-bond donors (Lipinski definition) is 2. The molecule has 38 heavy (non-hydrogen) atoms. The van der Waals surface area contributed by atoms with Gasteiger partial charge in [0.05, 0.1) is 10.6 Å². The van der Waals surface area contributed by atoms with E-state index >= 15 is 0 Å². The lowest BCUT2D eigenvalue weighted by atomic mass is 9.75. The van der Waals surface area contributed by atoms with Crippen molar-refractivity contribution in [3.63, 3.8) is 0 Å². The second-order valence-corrected chi connectivity index (χ2v) is 11.5. The third-order valence-electron chi connectivity index (χ3n) is 8.01. The third-order valence-corrected chi connectivity index (χ3v) is 8.34. The van der Waals surface area contributed by atoms with Crippen LogP contribution >= 0.6 is 11.6 Å². The maximum absolute atomic E-state index is 14.3. The number of amides is 1. The average molecular weight is 555 g/mol. The number of alkyl halides is 3. The van der Waals surface area contributed by atoms with Crippen LogP contribution in [-0.2, 0) is 16.0 Å². The van der Waals surface area contributed by atoms with Crippen molar-refractivity contribution in [2.45, 2.75) is 90.3 Å². The summed E-state index contributed by atoms with van der Waals surface area (Å²) in [7, 11) is 0. The largest absolute Gasteiger partial charge is 0.431 e. The number of aryl methyl sites for hydroxylation is 1. The van der Waals surface area contributed by atoms with Crippen LogP contribution in [0, 0.1) is 23.7 Å². The van der Waals surface area contributed by atoms with E-state index in [1.165, 1.54) is 11.1 Å². The number of aromatic nitrogens is 1. The van der Waals surface area contributed by atoms with Gasteiger partial charge in [0.2, 0.25) is 0 Å². The van der Waals surface area contributed by atoms with Crippen LogP contribution in [0.15, 0.2) is 23.7 Å². The molecule has 0 atom stereocenters. The van der Waals surface area contributed by atoms with Gasteiger partial charge < -0.3 is 20.4 Å². The molecule has 0 aliphatic heterocycles. The van der Waals surface area contributed by atoms with E-state index in [-0.39, 0.29) is 17.9 Å². The van der Waals surface area contributed by atoms with Gasteiger partial charge in [0.1, 0.15) is 12.0 Å². The van der Waals surface area contributed by atoms with Gasteiger partial charge in [0, 0.05) is 43.7 Å². The Labute approximate surface area is 227 Å². The van der Waals surface area contributed by atoms with Crippen LogP contribution in [0.5, 0.6) is 0 Å². The van der Waals surface area contributed by atoms with Gasteiger partial charge in [-0.1, -0.05) is 37.8 Å². The van der Waals surface area contributed by atoms with Crippen LogP contribution in [0.3, 0.4) is 0 Å². The first-order chi connectivity index (χ1) is 18.0. The van der Waals surface area contributed by atoms with Gasteiger partial charge >= 0.3 is 6.18 Å². The first kappa shape index (κ1) is 30.1. The summed E-state index contributed by atoms with van der Waals surface area (Å²) in [6, 6.07) is -0.520. The summed E-state index contributed by atoms with van der Waals surface area (Å²) < 4.78 is 42.9. The molecule has 2 saturated carbocycles. The van der Waals surface area contributed by atoms with Crippen molar-refractivity contribution in [2.75, 3.05) is 13.1 Å². The molecular weight excluding hydrogens is 517 g/mol. The van der Waals surface area contributed by atoms with Crippen molar-refractivity contribution in [2.24, 2.45) is 11.3 Å². The van der Waals surface area contributed by atoms with E-state index in [9.17, 15) is 22.8 Å². The number of carbonyl (C=O) groups is 2. The van der Waals surface area contributed by atoms with Crippen molar-refractivity contribution in [1.82, 2.24) is 15.2 Å². The van der Waals surface area contributed by atoms with E-state index in [0.29, 0.717) is 49.9 Å². The highest BCUT2D eigenvalue weighted by molar-refractivity contribution is 6.31. The molecule has 1 aromatic heterocycles. The van der Waals surface area contributed by atoms with Crippen molar-refractivity contribution in [3.05, 3.63) is 39.8 Å². The zero-order valence-electron chi connectivity index (χ0n) is 22.2. The lowest BCUT2D eigenvalue weighted by Gasteiger charge is -2.39. The van der Waals surface area contributed by atoms with E-state index in [4.69, 9.17) is 17.0 Å². The fourth-order valence-electron chi connectivity index (χ4n) is 5.73. The predicted octanol–water partition coefficient (Wildman–Crippen LogP) is 6.20. The fraction of sp³-hybridized carbons (Fsp3) is 0.643. The summed E-state index contributed by atoms with van der Waals surface area (Å²) in [4.78, 5) is 30.4. The number of halogens is 4. The van der Waals surface area contributed by atoms with Gasteiger partial charge in [-0.15, -0.1) is 0 Å². The molecule has 0 saturated heterocycles. The topological polar surface area (TPSA) is 86.2 Å². The number of aldehydes is 1. The quantitative estimate of drug-likeness (QED) is 0.205. The molecule has 2 fully saturated rings. The summed E-state index contributed by atoms with van der Waals surface area (Å²) in [5.74, 6) is -0.957. The first-order valence-electron chi connectivity index (χ1n) is 13.4. The highest BCUT2D eigenvalue weighted by Crippen LogP contribution is 2.37. The Morgan fingerprint density at radius 2 is 1.87 bits per heavy atom. The molecule has 0 aromatic carbocycles. The maximum atomic E-state index is 14.3. The Hall–Kier alpha value is -2.42. The Morgan fingerprint density at radius 1 is 1.21 bits per heavy atom. The first-order valence-corrected chi connectivity index (χ1v) is 13.8. The van der Waals surface area contributed by atoms with Crippen LogP contribution in [0.4, 0.5) is 13.2 Å². The molecule has 6 nitrogen and oxygen atoms in total. The molecule has 0 unspecified atom stereocenters. The van der Waals surface area contributed by atoms with Crippen LogP contribution in [0.25, 0.3) is 0 Å². The standard InChI is InChI=1S/C28H38ClF3N4O2/c1-19-15-34-16-24(29)22(19)10-13-36(18-27(2)11-4-3-5-12-27)26(38)23(14-33)25(28(30,31)32)35-21-8-6-20(17-37)7-9-21/h14-17,20-21,33,35H,3-13,18H2,1-2H3/b25-23+,33-14?. The van der Waals surface area contributed by atoms with E-state index < -0.39 is 29.4 Å². The van der Waals surface area contributed by atoms with E-state index in [2.05, 4.69) is 17.2 Å². The third kappa shape index (κ3) is 7.80. The fourth-order valence-corrected chi connectivity index (χ4v) is 6.03. The number of allylic oxidation sites excluding steroid dienone is 1. The average Bonchev–Trinajstić information content (AvgIpc) is 2.87. The predicted molar refractivity (Wildman–Crippen MR) is 142 cm³/mol. The molecule has 1 heterocycles. The molecule has 2 N–H and O–H groups in total. The molecule has 2 aliphatic rings. The van der Waals surface area contributed by atoms with Gasteiger partial charge in [-0.3, -0.25) is 9.78 Å². The van der Waals surface area contributed by atoms with Gasteiger partial charge in [0.25, 0.3) is 5.91 Å². The maximum Gasteiger partial charge on any atom is 0.431 e. The SMILES string of the molecule is Cc1cncc(Cl)c1CCN(CC1(C)CCCCC1)C(=O)/C(C=N)=C(/NC1CCC(C=O)CC1)C(F)(F)F. The molecule has 1 aromatic rings. The normalized spacial score (nSPS) is 22.3. The molecule has 0 bridgehead atoms. The van der Waals surface area contributed by atoms with Gasteiger partial charge in [0.15, 0.2) is 0 Å². The Bertz CT molecular complexity index is 1010. The van der Waals surface area contributed by atoms with E-state index in [0.717, 1.165) is 49.5 Å². The number of rotatable bonds is 10. The minimum Gasteiger partial charge on any atom is -0.378 e. The number of pyridine rings is 1. The minimum atomic E-state index is -4.84. The van der Waals surface area contributed by atoms with Crippen molar-refractivity contribution in [1.29, 1.82) is 5.41 Å². The van der Waals surface area contributed by atoms with Crippen LogP contribution in [-0.4, -0.2) is 53.6 Å². The molecule has 210 valence electrons. The summed E-state index contributed by atoms with van der Waals surface area (Å²) in [5.41, 5.74) is -0.428. The molecular formula is C28H38ClF3N4O2. The van der Waals surface area contributed by atoms with Gasteiger partial charge in [-0.05, 0) is 68.4 Å². The molecule has 1 amide bonds. The number of nitrogens with zero attached hydrogens (tertiary/aromatic N) is 2. The molecule has 10 heteroatoms. The highest BCUT2D eigenvalue weighted by Gasteiger charge is 2.41. The molecule has 0 radical (unpaired) electrons. The number of nitrogens with one attached hydrogen (secondary N) is 2. The second-order valence-electron chi connectivity index (χ2n) is 11.1. The number of hydrogen-bond acceptors (Lipinski definition) is 5. The molecule has 2 aliphatic carbocycles. The van der Waals surface area contributed by atoms with Gasteiger partial charge in [-0.2, -0.15) is 13.2 Å². The van der Waals surface area contributed by atoms with Crippen molar-refractivity contribution in [3.8, 4) is 0 Å². The van der Waals surface area contributed by atoms with Crippen molar-refractivity contribution < 1.29 is 22.8 Å². The second kappa shape index (κ2) is 13.1. The Morgan fingerprint density at radius 3 is 2.42 bits per heavy atom. The lowest BCUT2D eigenvalue weighted by molar-refractivity contribution is -0.130. The Balaban J connectivity index is 1.92. The summed E-state index contributed by atoms with van der Waals surface area (Å²) in [6.45, 7) is 4.42. The molecule has 0 spiro atoms. The Kier molecular flexibility index (Phi) is 10.4. The summed E-state index contributed by atoms with van der Waals surface area (Å²) >= 11 is 6.35. The monoisotopic (exact) mass is 554 g/mol. The van der Waals surface area contributed by atoms with E-state index in [1.54, 1.807) is 6.20 Å². The lowest BCUT2D eigenvalue weighted by Crippen LogP contribution is -2.45. The van der Waals surface area contributed by atoms with Gasteiger partial charge in [-0.25, -0.2) is 0 Å². The van der Waals surface area contributed by atoms with Crippen LogP contribution in [0.1, 0.15) is 75.8 Å². The molecule has 3 rings (SSSR count). The zero-order chi connectivity index (χ0) is 27.9. The zero-order valence-corrected chi connectivity index (χ0v) is 22.9.